The molecule has 33 heteroatoms. The molecule has 4 rings (SSSR count). The van der Waals surface area contributed by atoms with Crippen molar-refractivity contribution in [1.82, 2.24) is 5.32 Å². The van der Waals surface area contributed by atoms with E-state index < -0.39 is 40.8 Å². The van der Waals surface area contributed by atoms with Crippen molar-refractivity contribution in [3.05, 3.63) is 70.8 Å². The molecule has 0 heterocycles. The van der Waals surface area contributed by atoms with Gasteiger partial charge in [0.25, 0.3) is 12.4 Å². The van der Waals surface area contributed by atoms with Crippen LogP contribution >= 0.6 is 11.6 Å². The minimum atomic E-state index is -1.06. The van der Waals surface area contributed by atoms with Crippen molar-refractivity contribution < 1.29 is 300 Å². The van der Waals surface area contributed by atoms with Gasteiger partial charge in [0.15, 0.2) is 51.7 Å². The maximum absolute atomic E-state index is 13.1. The van der Waals surface area contributed by atoms with Crippen LogP contribution in [0.3, 0.4) is 0 Å². The van der Waals surface area contributed by atoms with E-state index in [9.17, 15) is 33.9 Å². The quantitative estimate of drug-likeness (QED) is 0.00228. The predicted molar refractivity (Wildman–Crippen MR) is 575 cm³/mol. The number of amides is 1. The maximum atomic E-state index is 13.1. The molecule has 0 fully saturated rings. The molecule has 0 saturated carbocycles. The SMILES string of the molecule is C#CCCCCCl.C#CCCCCOc1cc(C(=O)NCCCCCCC(=O)OC(C)(C)C)cc(OCCCCC#C)c1OCCCCC#C.C#CCCCCOc1cc(C(=O)O)cc(OCCCCC#C)c1OCCCCC#C.C#CCCCCOc1cc(C(=O)OCCC)cc(OCCCCC#C)c1OCCCCC#C.CC(C)(C)OC(=O)CCCCCCN.CCCOC(=O)c1cc(O)c(O)c(O)c1.O=CO[O-].[Cs+].[Cs+].[H-].[Na+].[OH-]. The van der Waals surface area contributed by atoms with Crippen LogP contribution in [0.15, 0.2) is 48.5 Å². The summed E-state index contributed by atoms with van der Waals surface area (Å²) in [4.78, 5) is 82.9. The smallest absolute Gasteiger partial charge is 1.00 e. The molecule has 1 amide bonds. The van der Waals surface area contributed by atoms with Gasteiger partial charge in [-0.15, -0.1) is 135 Å². The largest absolute Gasteiger partial charge is 1.00 e. The Bertz CT molecular complexity index is 4580. The van der Waals surface area contributed by atoms with E-state index in [0.717, 1.165) is 217 Å². The van der Waals surface area contributed by atoms with Gasteiger partial charge in [-0.1, -0.05) is 39.5 Å². The van der Waals surface area contributed by atoms with Crippen molar-refractivity contribution in [2.75, 3.05) is 91.6 Å². The Morgan fingerprint density at radius 2 is 0.613 bits per heavy atom. The second-order valence-electron chi connectivity index (χ2n) is 34.5. The third-order valence-electron chi connectivity index (χ3n) is 19.2. The normalized spacial score (nSPS) is 9.74. The van der Waals surface area contributed by atoms with Crippen LogP contribution in [-0.2, 0) is 38.2 Å². The van der Waals surface area contributed by atoms with Gasteiger partial charge in [-0.2, -0.15) is 0 Å². The molecule has 150 heavy (non-hydrogen) atoms. The summed E-state index contributed by atoms with van der Waals surface area (Å²) < 4.78 is 74.6. The average Bonchev–Trinajstić information content (AvgIpc) is 0.809. The average molecular weight is 2350 g/mol. The Labute approximate surface area is 1040 Å². The zero-order valence-electron chi connectivity index (χ0n) is 92.2. The summed E-state index contributed by atoms with van der Waals surface area (Å²) in [6.45, 7) is 20.6. The number of carboxylic acid groups (broad SMARTS) is 1. The Morgan fingerprint density at radius 3 is 0.853 bits per heavy atom. The van der Waals surface area contributed by atoms with E-state index in [-0.39, 0.29) is 222 Å². The number of ether oxygens (including phenoxy) is 13. The fourth-order valence-corrected chi connectivity index (χ4v) is 12.1. The number of nitrogens with two attached hydrogens (primary N) is 1. The van der Waals surface area contributed by atoms with Gasteiger partial charge in [-0.25, -0.2) is 14.4 Å². The molecule has 4 aromatic carbocycles. The first-order valence-corrected chi connectivity index (χ1v) is 51.0. The number of phenols is 3. The van der Waals surface area contributed by atoms with Crippen LogP contribution in [0.2, 0.25) is 0 Å². The van der Waals surface area contributed by atoms with Crippen LogP contribution in [0.1, 0.15) is 368 Å². The number of carbonyl (C=O) groups is 7. The molecule has 4 aromatic rings. The molecule has 0 bridgehead atoms. The van der Waals surface area contributed by atoms with Gasteiger partial charge >= 0.3 is 197 Å². The third-order valence-corrected chi connectivity index (χ3v) is 19.5. The fraction of sp³-hybridized carbons (Fsp3) is 0.564. The van der Waals surface area contributed by atoms with Crippen LogP contribution in [0.25, 0.3) is 0 Å². The van der Waals surface area contributed by atoms with Crippen LogP contribution in [0.5, 0.6) is 69.0 Å². The summed E-state index contributed by atoms with van der Waals surface area (Å²) in [5.74, 6) is 26.4. The minimum Gasteiger partial charge on any atom is -1.00 e. The second-order valence-corrected chi connectivity index (χ2v) is 34.9. The van der Waals surface area contributed by atoms with Crippen LogP contribution in [0.4, 0.5) is 0 Å². The van der Waals surface area contributed by atoms with E-state index in [4.69, 9.17) is 169 Å². The molecule has 0 aromatic heterocycles. The van der Waals surface area contributed by atoms with Crippen LogP contribution in [-0.4, -0.2) is 171 Å². The van der Waals surface area contributed by atoms with Gasteiger partial charge in [-0.3, -0.25) is 19.2 Å². The number of benzene rings is 4. The van der Waals surface area contributed by atoms with E-state index in [0.29, 0.717) is 213 Å². The summed E-state index contributed by atoms with van der Waals surface area (Å²) in [6, 6.07) is 11.7. The number of unbranched alkanes of at least 4 members (excludes halogenated alkanes) is 26. The summed E-state index contributed by atoms with van der Waals surface area (Å²) in [5, 5.41) is 48.2. The molecule has 0 aliphatic carbocycles. The number of nitrogens with one attached hydrogen (secondary N) is 1. The maximum Gasteiger partial charge on any atom is 1.00 e. The predicted octanol–water partition coefficient (Wildman–Crippen LogP) is 13.0. The third kappa shape index (κ3) is 88.0. The number of terminal acetylenes is 10. The number of aromatic hydroxyl groups is 3. The molecule has 29 nitrogen and oxygen atoms in total. The molecular formula is C117H164ClCs2N2NaO27. The fourth-order valence-electron chi connectivity index (χ4n) is 12.0. The number of carboxylic acids is 1. The van der Waals surface area contributed by atoms with Gasteiger partial charge in [-0.05, 0) is 264 Å². The standard InChI is InChI=1S/C36H51NO6.C28H36O5.C25H30O5.C11H23NO2.C10H12O5.C6H9Cl.CH2O3.2Cs.Na.H2O.H/c1-7-10-13-20-25-40-31-28-30(35(39)37-24-19-17-16-18-23-33(38)43-36(4,5)6)29-32(41-26-21-14-11-8-2)34(31)42-27-22-15-12-9-3;1-5-9-12-15-19-30-25-22-24(28(29)33-18-8-4)23-26(31-20-16-13-10-6-2)27(25)32-21-17-14-11-7-3;1-4-7-10-13-16-28-22-19-21(25(26)27)20-23(29-17-14-11-8-5-2)24(22)30-18-15-12-9-6-3;1-11(2,3)14-10(13)8-6-4-5-7-9-12;1-2-3-15-10(14)6-4-7(11)9(13)8(12)5-6;1-2-3-4-5-6-7;2-1-4-3;;;;;/h1-3,28-29H,10-27H2,4-6H3,(H,37,39);1-3,22-23H,8-21H2,4H3;1-3,19-20H,7-18H2,(H,26,27);4-9,12H2,1-3H3;4-5,11-13H,2-3H2,1H3;1H,3-6H2;1,3H;;;;1H2;/q;;;;;;;3*+1;;-1/p-2. The Balaban J connectivity index is -0.000000284. The van der Waals surface area contributed by atoms with Crippen molar-refractivity contribution in [1.29, 1.82) is 0 Å². The summed E-state index contributed by atoms with van der Waals surface area (Å²) in [7, 11) is 0. The summed E-state index contributed by atoms with van der Waals surface area (Å²) in [5.41, 5.74) is 5.41. The molecule has 0 aliphatic heterocycles. The van der Waals surface area contributed by atoms with Crippen molar-refractivity contribution in [2.24, 2.45) is 5.73 Å². The van der Waals surface area contributed by atoms with E-state index >= 15 is 0 Å². The topological polar surface area (TPSA) is 421 Å². The number of alkyl halides is 1. The van der Waals surface area contributed by atoms with Crippen LogP contribution < -0.4 is 226 Å². The molecule has 0 aliphatic rings. The van der Waals surface area contributed by atoms with Crippen molar-refractivity contribution in [3.63, 3.8) is 0 Å². The monoisotopic (exact) mass is 2350 g/mol. The van der Waals surface area contributed by atoms with Gasteiger partial charge < -0.3 is 110 Å². The Morgan fingerprint density at radius 1 is 0.373 bits per heavy atom. The number of phenolic OH excluding ortho intramolecular Hbond substituents is 3. The molecule has 0 atom stereocenters. The number of hydrogen-bond donors (Lipinski definition) is 6. The molecule has 0 spiro atoms. The number of halogens is 1. The molecule has 0 unspecified atom stereocenters. The first-order valence-electron chi connectivity index (χ1n) is 50.4. The first-order chi connectivity index (χ1) is 70.4. The first kappa shape index (κ1) is 155. The molecular weight excluding hydrogens is 2190 g/mol. The molecule has 8 N–H and O–H groups in total. The zero-order chi connectivity index (χ0) is 109. The van der Waals surface area contributed by atoms with Crippen molar-refractivity contribution in [3.8, 4) is 192 Å². The van der Waals surface area contributed by atoms with E-state index in [1.54, 1.807) is 24.3 Å². The van der Waals surface area contributed by atoms with Gasteiger partial charge in [0.2, 0.25) is 17.2 Å². The Hall–Kier alpha value is -8.36. The zero-order valence-corrected chi connectivity index (χ0v) is 107. The number of esters is 4. The molecule has 0 radical (unpaired) electrons. The van der Waals surface area contributed by atoms with Crippen molar-refractivity contribution in [2.45, 2.75) is 336 Å². The van der Waals surface area contributed by atoms with Gasteiger partial charge in [0, 0.05) is 95.0 Å². The van der Waals surface area contributed by atoms with E-state index in [1.165, 1.54) is 12.1 Å². The summed E-state index contributed by atoms with van der Waals surface area (Å²) >= 11 is 5.37. The second kappa shape index (κ2) is 108. The summed E-state index contributed by atoms with van der Waals surface area (Å²) in [6.07, 6.45) is 86.5. The number of aromatic carboxylic acids is 1. The molecule has 0 saturated heterocycles. The Kier molecular flexibility index (Phi) is 111. The van der Waals surface area contributed by atoms with Crippen molar-refractivity contribution >= 4 is 53.8 Å². The van der Waals surface area contributed by atoms with Crippen LogP contribution in [0, 0.1) is 123 Å². The number of rotatable bonds is 70. The van der Waals surface area contributed by atoms with Gasteiger partial charge in [0.05, 0.1) is 89.4 Å². The molecule has 814 valence electrons. The van der Waals surface area contributed by atoms with E-state index in [1.807, 2.05) is 55.4 Å². The number of hydrogen-bond acceptors (Lipinski definition) is 27. The number of carbonyl (C=O) groups excluding carboxylic acids is 6. The van der Waals surface area contributed by atoms with Gasteiger partial charge in [0.1, 0.15) is 11.2 Å². The minimum absolute atomic E-state index is 0. The van der Waals surface area contributed by atoms with E-state index in [2.05, 4.69) is 69.4 Å².